The van der Waals surface area contributed by atoms with Crippen LogP contribution >= 0.6 is 0 Å². The molecule has 20 heavy (non-hydrogen) atoms. The number of likely N-dealkylation sites (N-methyl/N-ethyl adjacent to an activating group) is 1. The first kappa shape index (κ1) is 13.9. The molecule has 1 N–H and O–H groups in total. The van der Waals surface area contributed by atoms with Crippen molar-refractivity contribution in [1.29, 1.82) is 0 Å². The fourth-order valence-corrected chi connectivity index (χ4v) is 3.30. The summed E-state index contributed by atoms with van der Waals surface area (Å²) in [5.41, 5.74) is 3.12. The van der Waals surface area contributed by atoms with E-state index in [4.69, 9.17) is 4.74 Å². The highest BCUT2D eigenvalue weighted by Crippen LogP contribution is 2.36. The second-order valence-corrected chi connectivity index (χ2v) is 6.54. The maximum absolute atomic E-state index is 5.58. The molecule has 1 aliphatic carbocycles. The summed E-state index contributed by atoms with van der Waals surface area (Å²) in [6.07, 6.45) is 5.05. The van der Waals surface area contributed by atoms with Crippen LogP contribution < -0.4 is 10.1 Å². The van der Waals surface area contributed by atoms with Crippen LogP contribution in [0.1, 0.15) is 43.4 Å². The van der Waals surface area contributed by atoms with Crippen molar-refractivity contribution < 1.29 is 4.74 Å². The lowest BCUT2D eigenvalue weighted by molar-refractivity contribution is 0.0576. The molecule has 0 spiro atoms. The Bertz CT molecular complexity index is 480. The fraction of sp³-hybridized carbons (Fsp3) is 0.647. The quantitative estimate of drug-likeness (QED) is 0.893. The molecule has 3 heteroatoms. The molecule has 1 atom stereocenters. The van der Waals surface area contributed by atoms with Crippen molar-refractivity contribution in [2.75, 3.05) is 27.2 Å². The van der Waals surface area contributed by atoms with Crippen LogP contribution in [0.3, 0.4) is 0 Å². The molecule has 0 amide bonds. The smallest absolute Gasteiger partial charge is 0.122 e. The molecule has 3 rings (SSSR count). The fourth-order valence-electron chi connectivity index (χ4n) is 3.30. The molecule has 1 aliphatic heterocycles. The number of nitrogens with one attached hydrogen (secondary N) is 1. The molecule has 2 aliphatic rings. The minimum atomic E-state index is 0.383. The second-order valence-electron chi connectivity index (χ2n) is 6.54. The van der Waals surface area contributed by atoms with E-state index in [1.165, 1.54) is 30.4 Å². The number of ether oxygens (including phenoxy) is 1. The van der Waals surface area contributed by atoms with Gasteiger partial charge in [0.15, 0.2) is 0 Å². The Morgan fingerprint density at radius 2 is 2.15 bits per heavy atom. The lowest BCUT2D eigenvalue weighted by atomic mass is 9.75. The van der Waals surface area contributed by atoms with Crippen LogP contribution in [-0.2, 0) is 6.42 Å². The standard InChI is InChI=1S/C17H26N2O/c1-13(18-12-17(19(2)3)8-4-9-17)14-5-6-16-15(11-14)7-10-20-16/h5-6,11,13,18H,4,7-10,12H2,1-3H3. The van der Waals surface area contributed by atoms with E-state index < -0.39 is 0 Å². The molecule has 1 unspecified atom stereocenters. The molecule has 110 valence electrons. The molecule has 1 heterocycles. The summed E-state index contributed by atoms with van der Waals surface area (Å²) in [6.45, 7) is 4.18. The third-order valence-electron chi connectivity index (χ3n) is 5.18. The Kier molecular flexibility index (Phi) is 3.74. The van der Waals surface area contributed by atoms with Crippen molar-refractivity contribution >= 4 is 0 Å². The maximum Gasteiger partial charge on any atom is 0.122 e. The van der Waals surface area contributed by atoms with E-state index >= 15 is 0 Å². The number of benzene rings is 1. The van der Waals surface area contributed by atoms with Gasteiger partial charge in [0, 0.05) is 24.5 Å². The molecule has 1 aromatic rings. The largest absolute Gasteiger partial charge is 0.493 e. The molecular formula is C17H26N2O. The number of rotatable bonds is 5. The van der Waals surface area contributed by atoms with Crippen LogP contribution in [0.4, 0.5) is 0 Å². The lowest BCUT2D eigenvalue weighted by Crippen LogP contribution is -2.56. The number of hydrogen-bond acceptors (Lipinski definition) is 3. The third kappa shape index (κ3) is 2.45. The molecule has 0 saturated heterocycles. The summed E-state index contributed by atoms with van der Waals surface area (Å²) < 4.78 is 5.58. The average Bonchev–Trinajstić information content (AvgIpc) is 2.83. The van der Waals surface area contributed by atoms with Gasteiger partial charge in [-0.05, 0) is 57.5 Å². The topological polar surface area (TPSA) is 24.5 Å². The van der Waals surface area contributed by atoms with Crippen molar-refractivity contribution in [3.8, 4) is 5.75 Å². The second kappa shape index (κ2) is 5.38. The minimum absolute atomic E-state index is 0.383. The van der Waals surface area contributed by atoms with Gasteiger partial charge in [0.05, 0.1) is 6.61 Å². The molecule has 3 nitrogen and oxygen atoms in total. The van der Waals surface area contributed by atoms with Gasteiger partial charge in [-0.25, -0.2) is 0 Å². The highest BCUT2D eigenvalue weighted by molar-refractivity contribution is 5.40. The van der Waals surface area contributed by atoms with Gasteiger partial charge in [0.2, 0.25) is 0 Å². The molecule has 1 aromatic carbocycles. The Hall–Kier alpha value is -1.06. The predicted molar refractivity (Wildman–Crippen MR) is 82.3 cm³/mol. The van der Waals surface area contributed by atoms with Crippen LogP contribution in [0.5, 0.6) is 5.75 Å². The van der Waals surface area contributed by atoms with E-state index in [0.717, 1.165) is 25.3 Å². The van der Waals surface area contributed by atoms with Gasteiger partial charge in [0.25, 0.3) is 0 Å². The van der Waals surface area contributed by atoms with E-state index in [1.807, 2.05) is 0 Å². The van der Waals surface area contributed by atoms with Crippen LogP contribution in [-0.4, -0.2) is 37.7 Å². The van der Waals surface area contributed by atoms with Crippen LogP contribution in [0.25, 0.3) is 0 Å². The van der Waals surface area contributed by atoms with Crippen LogP contribution in [0, 0.1) is 0 Å². The first-order valence-electron chi connectivity index (χ1n) is 7.77. The molecule has 0 radical (unpaired) electrons. The van der Waals surface area contributed by atoms with E-state index in [0.29, 0.717) is 11.6 Å². The van der Waals surface area contributed by atoms with Crippen LogP contribution in [0.2, 0.25) is 0 Å². The molecule has 1 fully saturated rings. The summed E-state index contributed by atoms with van der Waals surface area (Å²) in [7, 11) is 4.41. The predicted octanol–water partition coefficient (Wildman–Crippen LogP) is 2.76. The molecule has 0 bridgehead atoms. The van der Waals surface area contributed by atoms with E-state index in [-0.39, 0.29) is 0 Å². The normalized spacial score (nSPS) is 21.2. The monoisotopic (exact) mass is 274 g/mol. The first-order chi connectivity index (χ1) is 9.61. The van der Waals surface area contributed by atoms with Crippen molar-refractivity contribution in [1.82, 2.24) is 10.2 Å². The Labute approximate surface area is 122 Å². The summed E-state index contributed by atoms with van der Waals surface area (Å²) in [5.74, 6) is 1.07. The van der Waals surface area contributed by atoms with Crippen molar-refractivity contribution in [3.63, 3.8) is 0 Å². The van der Waals surface area contributed by atoms with Crippen molar-refractivity contribution in [2.45, 2.75) is 44.2 Å². The molecule has 1 saturated carbocycles. The van der Waals surface area contributed by atoms with Gasteiger partial charge < -0.3 is 15.0 Å². The summed E-state index contributed by atoms with van der Waals surface area (Å²) in [4.78, 5) is 2.40. The van der Waals surface area contributed by atoms with Gasteiger partial charge in [-0.2, -0.15) is 0 Å². The first-order valence-corrected chi connectivity index (χ1v) is 7.77. The zero-order valence-corrected chi connectivity index (χ0v) is 12.9. The van der Waals surface area contributed by atoms with Crippen molar-refractivity contribution in [2.24, 2.45) is 0 Å². The summed E-state index contributed by atoms with van der Waals surface area (Å²) in [6, 6.07) is 7.04. The van der Waals surface area contributed by atoms with Gasteiger partial charge in [0.1, 0.15) is 5.75 Å². The third-order valence-corrected chi connectivity index (χ3v) is 5.18. The molecular weight excluding hydrogens is 248 g/mol. The Morgan fingerprint density at radius 1 is 1.35 bits per heavy atom. The van der Waals surface area contributed by atoms with E-state index in [2.05, 4.69) is 49.4 Å². The van der Waals surface area contributed by atoms with E-state index in [9.17, 15) is 0 Å². The van der Waals surface area contributed by atoms with Gasteiger partial charge in [-0.1, -0.05) is 12.1 Å². The lowest BCUT2D eigenvalue weighted by Gasteiger charge is -2.48. The highest BCUT2D eigenvalue weighted by atomic mass is 16.5. The van der Waals surface area contributed by atoms with Gasteiger partial charge >= 0.3 is 0 Å². The SMILES string of the molecule is CC(NCC1(N(C)C)CCC1)c1ccc2c(c1)CCO2. The molecule has 0 aromatic heterocycles. The minimum Gasteiger partial charge on any atom is -0.493 e. The zero-order valence-electron chi connectivity index (χ0n) is 12.9. The Balaban J connectivity index is 1.63. The van der Waals surface area contributed by atoms with Gasteiger partial charge in [-0.3, -0.25) is 0 Å². The Morgan fingerprint density at radius 3 is 2.80 bits per heavy atom. The average molecular weight is 274 g/mol. The van der Waals surface area contributed by atoms with E-state index in [1.54, 1.807) is 0 Å². The zero-order chi connectivity index (χ0) is 14.2. The number of nitrogens with zero attached hydrogens (tertiary/aromatic N) is 1. The van der Waals surface area contributed by atoms with Crippen LogP contribution in [0.15, 0.2) is 18.2 Å². The number of hydrogen-bond donors (Lipinski definition) is 1. The summed E-state index contributed by atoms with van der Waals surface area (Å²) in [5, 5.41) is 3.73. The number of fused-ring (bicyclic) bond motifs is 1. The van der Waals surface area contributed by atoms with Gasteiger partial charge in [-0.15, -0.1) is 0 Å². The summed E-state index contributed by atoms with van der Waals surface area (Å²) >= 11 is 0. The highest BCUT2D eigenvalue weighted by Gasteiger charge is 2.38. The maximum atomic E-state index is 5.58. The van der Waals surface area contributed by atoms with Crippen molar-refractivity contribution in [3.05, 3.63) is 29.3 Å².